The van der Waals surface area contributed by atoms with Crippen LogP contribution in [0.5, 0.6) is 0 Å². The molecule has 0 unspecified atom stereocenters. The van der Waals surface area contributed by atoms with Gasteiger partial charge in [0.1, 0.15) is 17.5 Å². The van der Waals surface area contributed by atoms with Gasteiger partial charge in [0.15, 0.2) is 0 Å². The molecule has 4 nitrogen and oxygen atoms in total. The molecule has 0 fully saturated rings. The molecule has 0 heterocycles. The Morgan fingerprint density at radius 2 is 2.00 bits per heavy atom. The summed E-state index contributed by atoms with van der Waals surface area (Å²) in [5.41, 5.74) is 1.30. The van der Waals surface area contributed by atoms with E-state index < -0.39 is 11.7 Å². The van der Waals surface area contributed by atoms with Gasteiger partial charge < -0.3 is 10.6 Å². The van der Waals surface area contributed by atoms with Gasteiger partial charge in [0.2, 0.25) is 0 Å². The Morgan fingerprint density at radius 1 is 1.26 bits per heavy atom. The molecule has 0 atom stereocenters. The number of carbonyl (C=O) groups excluding carboxylic acids is 1. The first-order valence-corrected chi connectivity index (χ1v) is 7.12. The number of nitrogens with zero attached hydrogens (tertiary/aromatic N) is 1. The number of benzene rings is 2. The first kappa shape index (κ1) is 16.5. The fourth-order valence-corrected chi connectivity index (χ4v) is 1.94. The van der Waals surface area contributed by atoms with Crippen molar-refractivity contribution in [3.63, 3.8) is 0 Å². The van der Waals surface area contributed by atoms with Gasteiger partial charge in [0.25, 0.3) is 5.91 Å². The second kappa shape index (κ2) is 7.97. The molecule has 0 aromatic heterocycles. The zero-order valence-electron chi connectivity index (χ0n) is 12.0. The molecule has 2 aromatic carbocycles. The summed E-state index contributed by atoms with van der Waals surface area (Å²) >= 11 is 5.66. The predicted molar refractivity (Wildman–Crippen MR) is 87.0 cm³/mol. The van der Waals surface area contributed by atoms with Gasteiger partial charge >= 0.3 is 0 Å². The number of rotatable bonds is 5. The topological polar surface area (TPSA) is 64.9 Å². The molecule has 0 saturated heterocycles. The Morgan fingerprint density at radius 3 is 2.65 bits per heavy atom. The summed E-state index contributed by atoms with van der Waals surface area (Å²) in [4.78, 5) is 12.0. The van der Waals surface area contributed by atoms with E-state index in [-0.39, 0.29) is 10.6 Å². The SMILES string of the molecule is N#C/C(=C\Nc1ccc(F)c(Cl)c1)C(=O)NCc1ccccc1. The van der Waals surface area contributed by atoms with Gasteiger partial charge in [-0.05, 0) is 23.8 Å². The third kappa shape index (κ3) is 4.83. The van der Waals surface area contributed by atoms with Crippen molar-refractivity contribution in [1.82, 2.24) is 5.32 Å². The van der Waals surface area contributed by atoms with Crippen LogP contribution in [0.4, 0.5) is 10.1 Å². The third-order valence-corrected chi connectivity index (χ3v) is 3.25. The van der Waals surface area contributed by atoms with Crippen LogP contribution in [0, 0.1) is 17.1 Å². The second-order valence-corrected chi connectivity index (χ2v) is 5.02. The molecule has 6 heteroatoms. The van der Waals surface area contributed by atoms with E-state index in [9.17, 15) is 9.18 Å². The summed E-state index contributed by atoms with van der Waals surface area (Å²) in [6.07, 6.45) is 1.25. The van der Waals surface area contributed by atoms with Crippen LogP contribution < -0.4 is 10.6 Å². The van der Waals surface area contributed by atoms with Gasteiger partial charge in [0, 0.05) is 18.4 Å². The molecule has 23 heavy (non-hydrogen) atoms. The van der Waals surface area contributed by atoms with Crippen LogP contribution in [0.15, 0.2) is 60.3 Å². The lowest BCUT2D eigenvalue weighted by molar-refractivity contribution is -0.117. The van der Waals surface area contributed by atoms with Crippen LogP contribution >= 0.6 is 11.6 Å². The highest BCUT2D eigenvalue weighted by molar-refractivity contribution is 6.31. The maximum absolute atomic E-state index is 13.1. The van der Waals surface area contributed by atoms with E-state index in [1.165, 1.54) is 24.4 Å². The van der Waals surface area contributed by atoms with Gasteiger partial charge in [-0.1, -0.05) is 41.9 Å². The molecule has 2 aromatic rings. The van der Waals surface area contributed by atoms with Gasteiger partial charge in [-0.3, -0.25) is 4.79 Å². The first-order valence-electron chi connectivity index (χ1n) is 6.74. The number of anilines is 1. The number of hydrogen-bond donors (Lipinski definition) is 2. The fourth-order valence-electron chi connectivity index (χ4n) is 1.76. The highest BCUT2D eigenvalue weighted by Gasteiger charge is 2.08. The summed E-state index contributed by atoms with van der Waals surface area (Å²) in [5, 5.41) is 14.4. The number of halogens is 2. The summed E-state index contributed by atoms with van der Waals surface area (Å²) in [6, 6.07) is 15.2. The molecule has 2 rings (SSSR count). The number of carbonyl (C=O) groups is 1. The lowest BCUT2D eigenvalue weighted by Crippen LogP contribution is -2.24. The van der Waals surface area contributed by atoms with Gasteiger partial charge in [-0.25, -0.2) is 4.39 Å². The normalized spacial score (nSPS) is 10.7. The Hall–Kier alpha value is -2.84. The van der Waals surface area contributed by atoms with Gasteiger partial charge in [0.05, 0.1) is 5.02 Å². The second-order valence-electron chi connectivity index (χ2n) is 4.61. The van der Waals surface area contributed by atoms with Crippen molar-refractivity contribution in [1.29, 1.82) is 5.26 Å². The van der Waals surface area contributed by atoms with Gasteiger partial charge in [-0.15, -0.1) is 0 Å². The zero-order chi connectivity index (χ0) is 16.7. The number of amides is 1. The van der Waals surface area contributed by atoms with Crippen molar-refractivity contribution in [2.45, 2.75) is 6.54 Å². The molecule has 0 radical (unpaired) electrons. The minimum atomic E-state index is -0.540. The summed E-state index contributed by atoms with van der Waals surface area (Å²) in [6.45, 7) is 0.321. The molecule has 0 saturated carbocycles. The van der Waals surface area contributed by atoms with Crippen LogP contribution in [0.1, 0.15) is 5.56 Å². The van der Waals surface area contributed by atoms with Crippen LogP contribution in [0.3, 0.4) is 0 Å². The van der Waals surface area contributed by atoms with E-state index in [1.54, 1.807) is 0 Å². The molecule has 0 bridgehead atoms. The highest BCUT2D eigenvalue weighted by Crippen LogP contribution is 2.19. The lowest BCUT2D eigenvalue weighted by Gasteiger charge is -2.06. The highest BCUT2D eigenvalue weighted by atomic mass is 35.5. The summed E-state index contributed by atoms with van der Waals surface area (Å²) < 4.78 is 13.1. The Balaban J connectivity index is 1.99. The molecule has 116 valence electrons. The van der Waals surface area contributed by atoms with Gasteiger partial charge in [-0.2, -0.15) is 5.26 Å². The first-order chi connectivity index (χ1) is 11.1. The van der Waals surface area contributed by atoms with E-state index in [1.807, 2.05) is 36.4 Å². The largest absolute Gasteiger partial charge is 0.360 e. The quantitative estimate of drug-likeness (QED) is 0.650. The van der Waals surface area contributed by atoms with Crippen molar-refractivity contribution in [3.8, 4) is 6.07 Å². The maximum atomic E-state index is 13.1. The van der Waals surface area contributed by atoms with E-state index in [0.717, 1.165) is 5.56 Å². The standard InChI is InChI=1S/C17H13ClFN3O/c18-15-8-14(6-7-16(15)19)21-11-13(9-20)17(23)22-10-12-4-2-1-3-5-12/h1-8,11,21H,10H2,(H,22,23)/b13-11+. The van der Waals surface area contributed by atoms with Crippen LogP contribution in [0.2, 0.25) is 5.02 Å². The molecular weight excluding hydrogens is 317 g/mol. The summed E-state index contributed by atoms with van der Waals surface area (Å²) in [7, 11) is 0. The summed E-state index contributed by atoms with van der Waals surface area (Å²) in [5.74, 6) is -1.04. The van der Waals surface area contributed by atoms with Crippen molar-refractivity contribution in [3.05, 3.63) is 76.7 Å². The fraction of sp³-hybridized carbons (Fsp3) is 0.0588. The number of nitrogens with one attached hydrogen (secondary N) is 2. The Kier molecular flexibility index (Phi) is 5.73. The van der Waals surface area contributed by atoms with Crippen molar-refractivity contribution >= 4 is 23.2 Å². The molecule has 2 N–H and O–H groups in total. The average Bonchev–Trinajstić information content (AvgIpc) is 2.57. The predicted octanol–water partition coefficient (Wildman–Crippen LogP) is 3.61. The lowest BCUT2D eigenvalue weighted by atomic mass is 10.2. The Bertz CT molecular complexity index is 769. The van der Waals surface area contributed by atoms with E-state index in [4.69, 9.17) is 16.9 Å². The van der Waals surface area contributed by atoms with Crippen molar-refractivity contribution < 1.29 is 9.18 Å². The minimum Gasteiger partial charge on any atom is -0.360 e. The molecular formula is C17H13ClFN3O. The van der Waals surface area contributed by atoms with E-state index in [2.05, 4.69) is 10.6 Å². The molecule has 0 aliphatic heterocycles. The van der Waals surface area contributed by atoms with Crippen LogP contribution in [0.25, 0.3) is 0 Å². The maximum Gasteiger partial charge on any atom is 0.263 e. The molecule has 0 aliphatic carbocycles. The van der Waals surface area contributed by atoms with Crippen molar-refractivity contribution in [2.24, 2.45) is 0 Å². The van der Waals surface area contributed by atoms with Crippen LogP contribution in [-0.4, -0.2) is 5.91 Å². The van der Waals surface area contributed by atoms with E-state index in [0.29, 0.717) is 12.2 Å². The molecule has 0 aliphatic rings. The third-order valence-electron chi connectivity index (χ3n) is 2.96. The Labute approximate surface area is 138 Å². The average molecular weight is 330 g/mol. The number of hydrogen-bond acceptors (Lipinski definition) is 3. The minimum absolute atomic E-state index is 0.0459. The smallest absolute Gasteiger partial charge is 0.263 e. The van der Waals surface area contributed by atoms with Crippen molar-refractivity contribution in [2.75, 3.05) is 5.32 Å². The monoisotopic (exact) mass is 329 g/mol. The molecule has 1 amide bonds. The van der Waals surface area contributed by atoms with E-state index >= 15 is 0 Å². The molecule has 0 spiro atoms. The van der Waals surface area contributed by atoms with Crippen LogP contribution in [-0.2, 0) is 11.3 Å². The number of nitriles is 1. The zero-order valence-corrected chi connectivity index (χ0v) is 12.8.